The van der Waals surface area contributed by atoms with Crippen LogP contribution in [-0.4, -0.2) is 19.9 Å². The lowest BCUT2D eigenvalue weighted by molar-refractivity contribution is -0.142. The number of hydrogen-bond acceptors (Lipinski definition) is 6. The van der Waals surface area contributed by atoms with Crippen LogP contribution in [0.3, 0.4) is 0 Å². The highest BCUT2D eigenvalue weighted by Crippen LogP contribution is 2.29. The first-order valence-corrected chi connectivity index (χ1v) is 6.33. The Morgan fingerprint density at radius 3 is 1.29 bits per heavy atom. The van der Waals surface area contributed by atoms with E-state index in [0.29, 0.717) is 0 Å². The molecule has 2 N–H and O–H groups in total. The molecule has 0 radical (unpaired) electrons. The molecule has 0 aliphatic carbocycles. The Morgan fingerprint density at radius 1 is 0.667 bits per heavy atom. The third kappa shape index (κ3) is 4.43. The predicted octanol–water partition coefficient (Wildman–Crippen LogP) is 3.36. The van der Waals surface area contributed by atoms with Crippen molar-refractivity contribution < 1.29 is 26.3 Å². The molecule has 2 heterocycles. The van der Waals surface area contributed by atoms with Gasteiger partial charge in [0.25, 0.3) is 0 Å². The van der Waals surface area contributed by atoms with Crippen LogP contribution in [0.1, 0.15) is 22.8 Å². The maximum absolute atomic E-state index is 12.7. The number of hydrogen-bond donors (Lipinski definition) is 2. The van der Waals surface area contributed by atoms with E-state index in [0.717, 1.165) is 12.1 Å². The van der Waals surface area contributed by atoms with E-state index in [4.69, 9.17) is 0 Å². The van der Waals surface area contributed by atoms with Crippen LogP contribution in [-0.2, 0) is 12.4 Å². The lowest BCUT2D eigenvalue weighted by Crippen LogP contribution is -2.19. The molecular weight excluding hydrogens is 342 g/mol. The largest absolute Gasteiger partial charge is 0.433 e. The maximum atomic E-state index is 12.7. The van der Waals surface area contributed by atoms with E-state index in [9.17, 15) is 26.3 Å². The lowest BCUT2D eigenvalue weighted by atomic mass is 10.3. The summed E-state index contributed by atoms with van der Waals surface area (Å²) in [5.41, 5.74) is 1.96. The summed E-state index contributed by atoms with van der Waals surface area (Å²) < 4.78 is 76.0. The number of rotatable bonds is 3. The molecule has 0 spiro atoms. The quantitative estimate of drug-likeness (QED) is 0.652. The third-order valence-electron chi connectivity index (χ3n) is 2.58. The minimum Gasteiger partial charge on any atom is -0.265 e. The number of halogens is 6. The van der Waals surface area contributed by atoms with Gasteiger partial charge in [0.1, 0.15) is 11.4 Å². The SMILES string of the molecule is Cc1cc(C(F)(F)F)nc(NNc2nc(C)cc(C(F)(F)F)n2)n1. The number of nitrogens with one attached hydrogen (secondary N) is 2. The lowest BCUT2D eigenvalue weighted by Gasteiger charge is -2.12. The van der Waals surface area contributed by atoms with Crippen LogP contribution in [0.5, 0.6) is 0 Å². The molecule has 0 fully saturated rings. The highest BCUT2D eigenvalue weighted by molar-refractivity contribution is 5.38. The van der Waals surface area contributed by atoms with Crippen molar-refractivity contribution in [3.63, 3.8) is 0 Å². The van der Waals surface area contributed by atoms with E-state index in [1.807, 2.05) is 0 Å². The van der Waals surface area contributed by atoms with Crippen LogP contribution in [0, 0.1) is 13.8 Å². The van der Waals surface area contributed by atoms with Crippen molar-refractivity contribution >= 4 is 11.9 Å². The number of nitrogens with zero attached hydrogens (tertiary/aromatic N) is 4. The maximum Gasteiger partial charge on any atom is 0.433 e. The second kappa shape index (κ2) is 6.09. The fraction of sp³-hybridized carbons (Fsp3) is 0.333. The van der Waals surface area contributed by atoms with E-state index < -0.39 is 35.6 Å². The van der Waals surface area contributed by atoms with Gasteiger partial charge in [-0.2, -0.15) is 26.3 Å². The molecule has 0 unspecified atom stereocenters. The minimum atomic E-state index is -4.69. The first-order chi connectivity index (χ1) is 10.9. The number of hydrazine groups is 1. The molecule has 2 aromatic rings. The second-order valence-corrected chi connectivity index (χ2v) is 4.68. The van der Waals surface area contributed by atoms with Crippen molar-refractivity contribution in [3.8, 4) is 0 Å². The number of aryl methyl sites for hydroxylation is 2. The molecule has 6 nitrogen and oxygen atoms in total. The van der Waals surface area contributed by atoms with Crippen molar-refractivity contribution in [2.24, 2.45) is 0 Å². The predicted molar refractivity (Wildman–Crippen MR) is 70.8 cm³/mol. The first-order valence-electron chi connectivity index (χ1n) is 6.33. The smallest absolute Gasteiger partial charge is 0.265 e. The van der Waals surface area contributed by atoms with Gasteiger partial charge in [0.05, 0.1) is 0 Å². The van der Waals surface area contributed by atoms with Crippen molar-refractivity contribution in [1.82, 2.24) is 19.9 Å². The molecule has 0 atom stereocenters. The molecule has 0 saturated carbocycles. The molecule has 0 saturated heterocycles. The molecule has 0 aromatic carbocycles. The molecule has 0 aliphatic heterocycles. The molecule has 0 bridgehead atoms. The average molecular weight is 352 g/mol. The highest BCUT2D eigenvalue weighted by atomic mass is 19.4. The molecule has 12 heteroatoms. The zero-order chi connectivity index (χ0) is 18.1. The van der Waals surface area contributed by atoms with Crippen LogP contribution in [0.25, 0.3) is 0 Å². The zero-order valence-electron chi connectivity index (χ0n) is 12.2. The van der Waals surface area contributed by atoms with Gasteiger partial charge in [-0.25, -0.2) is 19.9 Å². The van der Waals surface area contributed by atoms with E-state index in [1.54, 1.807) is 0 Å². The van der Waals surface area contributed by atoms with Crippen LogP contribution in [0.2, 0.25) is 0 Å². The topological polar surface area (TPSA) is 75.6 Å². The minimum absolute atomic E-state index is 0.0165. The van der Waals surface area contributed by atoms with E-state index in [1.165, 1.54) is 13.8 Å². The Bertz CT molecular complexity index is 678. The standard InChI is InChI=1S/C12H10F6N6/c1-5-3-7(11(13,14)15)21-9(19-5)23-24-10-20-6(2)4-8(22-10)12(16,17)18/h3-4H,1-2H3,(H,19,21,23)(H,20,22,24). The number of alkyl halides is 6. The monoisotopic (exact) mass is 352 g/mol. The van der Waals surface area contributed by atoms with Gasteiger partial charge < -0.3 is 0 Å². The highest BCUT2D eigenvalue weighted by Gasteiger charge is 2.34. The second-order valence-electron chi connectivity index (χ2n) is 4.68. The third-order valence-corrected chi connectivity index (χ3v) is 2.58. The van der Waals surface area contributed by atoms with Crippen molar-refractivity contribution in [2.45, 2.75) is 26.2 Å². The Kier molecular flexibility index (Phi) is 4.49. The fourth-order valence-electron chi connectivity index (χ4n) is 1.65. The molecule has 130 valence electrons. The van der Waals surface area contributed by atoms with Crippen LogP contribution < -0.4 is 10.9 Å². The molecule has 0 aliphatic rings. The van der Waals surface area contributed by atoms with Crippen LogP contribution in [0.15, 0.2) is 12.1 Å². The van der Waals surface area contributed by atoms with Crippen molar-refractivity contribution in [2.75, 3.05) is 10.9 Å². The van der Waals surface area contributed by atoms with E-state index in [2.05, 4.69) is 30.8 Å². The summed E-state index contributed by atoms with van der Waals surface area (Å²) in [6.45, 7) is 2.63. The molecule has 24 heavy (non-hydrogen) atoms. The van der Waals surface area contributed by atoms with Gasteiger partial charge in [0.15, 0.2) is 0 Å². The van der Waals surface area contributed by atoms with Crippen molar-refractivity contribution in [1.29, 1.82) is 0 Å². The Balaban J connectivity index is 2.23. The first kappa shape index (κ1) is 17.7. The van der Waals surface area contributed by atoms with Gasteiger partial charge in [-0.05, 0) is 26.0 Å². The summed E-state index contributed by atoms with van der Waals surface area (Å²) in [5.74, 6) is -0.970. The molecule has 2 aromatic heterocycles. The fourth-order valence-corrected chi connectivity index (χ4v) is 1.65. The van der Waals surface area contributed by atoms with Crippen LogP contribution >= 0.6 is 0 Å². The normalized spacial score (nSPS) is 12.2. The molecular formula is C12H10F6N6. The summed E-state index contributed by atoms with van der Waals surface area (Å²) in [4.78, 5) is 13.8. The Morgan fingerprint density at radius 2 is 1.00 bits per heavy atom. The van der Waals surface area contributed by atoms with E-state index in [-0.39, 0.29) is 11.4 Å². The van der Waals surface area contributed by atoms with Gasteiger partial charge in [0.2, 0.25) is 11.9 Å². The van der Waals surface area contributed by atoms with Gasteiger partial charge in [0, 0.05) is 11.4 Å². The summed E-state index contributed by atoms with van der Waals surface area (Å²) in [6, 6.07) is 1.46. The zero-order valence-corrected chi connectivity index (χ0v) is 12.2. The van der Waals surface area contributed by atoms with Gasteiger partial charge in [-0.1, -0.05) is 0 Å². The van der Waals surface area contributed by atoms with Gasteiger partial charge in [-0.15, -0.1) is 0 Å². The summed E-state index contributed by atoms with van der Waals surface area (Å²) in [7, 11) is 0. The Hall–Kier alpha value is -2.66. The van der Waals surface area contributed by atoms with Crippen molar-refractivity contribution in [3.05, 3.63) is 34.9 Å². The molecule has 2 rings (SSSR count). The summed E-state index contributed by atoms with van der Waals surface area (Å²) in [6.07, 6.45) is -9.37. The molecule has 0 amide bonds. The van der Waals surface area contributed by atoms with Crippen LogP contribution in [0.4, 0.5) is 38.2 Å². The average Bonchev–Trinajstić information content (AvgIpc) is 2.42. The number of anilines is 2. The summed E-state index contributed by atoms with van der Waals surface area (Å²) >= 11 is 0. The van der Waals surface area contributed by atoms with Gasteiger partial charge in [-0.3, -0.25) is 10.9 Å². The Labute approximate surface area is 131 Å². The summed E-state index contributed by atoms with van der Waals surface area (Å²) in [5, 5.41) is 0. The number of aromatic nitrogens is 4. The van der Waals surface area contributed by atoms with E-state index >= 15 is 0 Å². The van der Waals surface area contributed by atoms with Gasteiger partial charge >= 0.3 is 12.4 Å².